The van der Waals surface area contributed by atoms with E-state index in [-0.39, 0.29) is 12.1 Å². The third kappa shape index (κ3) is 5.18. The van der Waals surface area contributed by atoms with Crippen LogP contribution in [0, 0.1) is 11.6 Å². The first-order valence-corrected chi connectivity index (χ1v) is 8.77. The molecular weight excluding hydrogens is 405 g/mol. The molecule has 4 nitrogen and oxygen atoms in total. The number of rotatable bonds is 5. The van der Waals surface area contributed by atoms with Crippen molar-refractivity contribution in [2.45, 2.75) is 18.6 Å². The molecule has 3 aromatic rings. The second-order valence-corrected chi connectivity index (χ2v) is 6.56. The number of hydrogen-bond acceptors (Lipinski definition) is 3. The van der Waals surface area contributed by atoms with Crippen LogP contribution >= 0.6 is 0 Å². The summed E-state index contributed by atoms with van der Waals surface area (Å²) in [7, 11) is 0. The van der Waals surface area contributed by atoms with Crippen LogP contribution in [-0.4, -0.2) is 17.1 Å². The fourth-order valence-corrected chi connectivity index (χ4v) is 3.00. The molecule has 156 valence electrons. The van der Waals surface area contributed by atoms with Crippen molar-refractivity contribution in [3.63, 3.8) is 0 Å². The second-order valence-electron chi connectivity index (χ2n) is 6.56. The quantitative estimate of drug-likeness (QED) is 0.583. The molecule has 1 heterocycles. The lowest BCUT2D eigenvalue weighted by Gasteiger charge is -2.16. The van der Waals surface area contributed by atoms with Crippen LogP contribution in [0.3, 0.4) is 0 Å². The Hall–Kier alpha value is -3.33. The SMILES string of the molecule is NC(Cc1cc(F)cc(F)c1)c1ncccc1-c1cccc(NC(=O)C(F)(F)F)c1. The van der Waals surface area contributed by atoms with Crippen molar-refractivity contribution in [3.05, 3.63) is 83.7 Å². The molecule has 0 aliphatic carbocycles. The molecule has 1 unspecified atom stereocenters. The monoisotopic (exact) mass is 421 g/mol. The molecule has 0 saturated carbocycles. The molecule has 0 aliphatic heterocycles. The summed E-state index contributed by atoms with van der Waals surface area (Å²) < 4.78 is 64.4. The number of aromatic nitrogens is 1. The number of nitrogens with one attached hydrogen (secondary N) is 1. The van der Waals surface area contributed by atoms with Gasteiger partial charge in [-0.3, -0.25) is 9.78 Å². The number of amides is 1. The van der Waals surface area contributed by atoms with Gasteiger partial charge < -0.3 is 11.1 Å². The molecular formula is C21H16F5N3O. The topological polar surface area (TPSA) is 68.0 Å². The summed E-state index contributed by atoms with van der Waals surface area (Å²) in [6.07, 6.45) is -3.44. The lowest BCUT2D eigenvalue weighted by Crippen LogP contribution is -2.29. The minimum atomic E-state index is -5.02. The van der Waals surface area contributed by atoms with E-state index in [4.69, 9.17) is 5.73 Å². The molecule has 9 heteroatoms. The summed E-state index contributed by atoms with van der Waals surface area (Å²) in [6.45, 7) is 0. The molecule has 1 amide bonds. The highest BCUT2D eigenvalue weighted by molar-refractivity contribution is 5.95. The van der Waals surface area contributed by atoms with Crippen LogP contribution in [0.2, 0.25) is 0 Å². The van der Waals surface area contributed by atoms with Crippen LogP contribution in [-0.2, 0) is 11.2 Å². The Balaban J connectivity index is 1.89. The zero-order valence-electron chi connectivity index (χ0n) is 15.4. The van der Waals surface area contributed by atoms with Crippen molar-refractivity contribution in [1.29, 1.82) is 0 Å². The van der Waals surface area contributed by atoms with Crippen LogP contribution in [0.4, 0.5) is 27.6 Å². The summed E-state index contributed by atoms with van der Waals surface area (Å²) in [5, 5.41) is 1.79. The summed E-state index contributed by atoms with van der Waals surface area (Å²) in [5.74, 6) is -3.55. The third-order valence-electron chi connectivity index (χ3n) is 4.26. The number of carbonyl (C=O) groups excluding carboxylic acids is 1. The Labute approximate surface area is 168 Å². The van der Waals surface area contributed by atoms with E-state index in [1.165, 1.54) is 36.5 Å². The highest BCUT2D eigenvalue weighted by atomic mass is 19.4. The zero-order chi connectivity index (χ0) is 21.9. The maximum Gasteiger partial charge on any atom is 0.471 e. The average Bonchev–Trinajstić information content (AvgIpc) is 2.66. The van der Waals surface area contributed by atoms with Gasteiger partial charge in [0.05, 0.1) is 11.7 Å². The standard InChI is InChI=1S/C21H16F5N3O/c22-14-7-12(8-15(23)11-14)9-18(27)19-17(5-2-6-28-19)13-3-1-4-16(10-13)29-20(30)21(24,25)26/h1-8,10-11,18H,9,27H2,(H,29,30). The molecule has 0 radical (unpaired) electrons. The van der Waals surface area contributed by atoms with Gasteiger partial charge in [0.2, 0.25) is 0 Å². The fraction of sp³-hybridized carbons (Fsp3) is 0.143. The van der Waals surface area contributed by atoms with Crippen LogP contribution < -0.4 is 11.1 Å². The molecule has 0 fully saturated rings. The van der Waals surface area contributed by atoms with Gasteiger partial charge in [-0.05, 0) is 47.9 Å². The average molecular weight is 421 g/mol. The Morgan fingerprint density at radius 3 is 2.40 bits per heavy atom. The van der Waals surface area contributed by atoms with Crippen LogP contribution in [0.1, 0.15) is 17.3 Å². The summed E-state index contributed by atoms with van der Waals surface area (Å²) >= 11 is 0. The predicted molar refractivity (Wildman–Crippen MR) is 101 cm³/mol. The molecule has 0 saturated heterocycles. The normalized spacial score (nSPS) is 12.5. The molecule has 0 bridgehead atoms. The van der Waals surface area contributed by atoms with Gasteiger partial charge in [-0.1, -0.05) is 18.2 Å². The van der Waals surface area contributed by atoms with Gasteiger partial charge in [-0.15, -0.1) is 0 Å². The van der Waals surface area contributed by atoms with Crippen LogP contribution in [0.5, 0.6) is 0 Å². The van der Waals surface area contributed by atoms with Gasteiger partial charge in [-0.25, -0.2) is 8.78 Å². The van der Waals surface area contributed by atoms with Crippen LogP contribution in [0.25, 0.3) is 11.1 Å². The second kappa shape index (κ2) is 8.58. The van der Waals surface area contributed by atoms with Crippen molar-refractivity contribution in [2.24, 2.45) is 5.73 Å². The van der Waals surface area contributed by atoms with Gasteiger partial charge in [0.1, 0.15) is 11.6 Å². The summed E-state index contributed by atoms with van der Waals surface area (Å²) in [5.41, 5.74) is 7.88. The van der Waals surface area contributed by atoms with E-state index in [9.17, 15) is 26.7 Å². The van der Waals surface area contributed by atoms with E-state index in [1.807, 2.05) is 0 Å². The summed E-state index contributed by atoms with van der Waals surface area (Å²) in [4.78, 5) is 15.4. The maximum atomic E-state index is 13.4. The molecule has 1 atom stereocenters. The Kier molecular flexibility index (Phi) is 6.12. The molecule has 3 N–H and O–H groups in total. The number of hydrogen-bond donors (Lipinski definition) is 2. The first-order valence-electron chi connectivity index (χ1n) is 8.77. The first kappa shape index (κ1) is 21.4. The van der Waals surface area contributed by atoms with E-state index >= 15 is 0 Å². The lowest BCUT2D eigenvalue weighted by atomic mass is 9.96. The minimum absolute atomic E-state index is 0.0506. The van der Waals surface area contributed by atoms with Crippen molar-refractivity contribution < 1.29 is 26.7 Å². The lowest BCUT2D eigenvalue weighted by molar-refractivity contribution is -0.167. The van der Waals surface area contributed by atoms with Crippen molar-refractivity contribution in [1.82, 2.24) is 4.98 Å². The van der Waals surface area contributed by atoms with E-state index in [2.05, 4.69) is 4.98 Å². The van der Waals surface area contributed by atoms with E-state index in [0.29, 0.717) is 22.4 Å². The number of alkyl halides is 3. The largest absolute Gasteiger partial charge is 0.471 e. The number of carbonyl (C=O) groups is 1. The zero-order valence-corrected chi connectivity index (χ0v) is 15.4. The van der Waals surface area contributed by atoms with Gasteiger partial charge >= 0.3 is 12.1 Å². The minimum Gasteiger partial charge on any atom is -0.322 e. The molecule has 30 heavy (non-hydrogen) atoms. The van der Waals surface area contributed by atoms with Gasteiger partial charge in [-0.2, -0.15) is 13.2 Å². The van der Waals surface area contributed by atoms with Crippen molar-refractivity contribution >= 4 is 11.6 Å². The smallest absolute Gasteiger partial charge is 0.322 e. The van der Waals surface area contributed by atoms with Crippen molar-refractivity contribution in [3.8, 4) is 11.1 Å². The Morgan fingerprint density at radius 2 is 1.73 bits per heavy atom. The molecule has 3 rings (SSSR count). The highest BCUT2D eigenvalue weighted by Crippen LogP contribution is 2.30. The fourth-order valence-electron chi connectivity index (χ4n) is 3.00. The number of pyridine rings is 1. The van der Waals surface area contributed by atoms with Gasteiger partial charge in [0.25, 0.3) is 0 Å². The number of benzene rings is 2. The van der Waals surface area contributed by atoms with E-state index in [1.54, 1.807) is 23.5 Å². The third-order valence-corrected chi connectivity index (χ3v) is 4.26. The van der Waals surface area contributed by atoms with Gasteiger partial charge in [0.15, 0.2) is 0 Å². The Bertz CT molecular complexity index is 1050. The molecule has 1 aromatic heterocycles. The first-order chi connectivity index (χ1) is 14.1. The summed E-state index contributed by atoms with van der Waals surface area (Å²) in [6, 6.07) is 11.4. The number of nitrogens with two attached hydrogens (primary N) is 1. The predicted octanol–water partition coefficient (Wildman–Crippen LogP) is 4.77. The molecule has 0 spiro atoms. The number of nitrogens with zero attached hydrogens (tertiary/aromatic N) is 1. The number of halogens is 5. The van der Waals surface area contributed by atoms with Crippen molar-refractivity contribution in [2.75, 3.05) is 5.32 Å². The Morgan fingerprint density at radius 1 is 1.03 bits per heavy atom. The molecule has 0 aliphatic rings. The highest BCUT2D eigenvalue weighted by Gasteiger charge is 2.38. The van der Waals surface area contributed by atoms with E-state index < -0.39 is 29.8 Å². The van der Waals surface area contributed by atoms with E-state index in [0.717, 1.165) is 6.07 Å². The number of anilines is 1. The van der Waals surface area contributed by atoms with Gasteiger partial charge in [0, 0.05) is 23.5 Å². The van der Waals surface area contributed by atoms with Crippen LogP contribution in [0.15, 0.2) is 60.8 Å². The molecule has 2 aromatic carbocycles. The maximum absolute atomic E-state index is 13.4.